The fourth-order valence-electron chi connectivity index (χ4n) is 3.73. The van der Waals surface area contributed by atoms with Gasteiger partial charge in [-0.15, -0.1) is 0 Å². The topological polar surface area (TPSA) is 52.6 Å². The molecule has 0 fully saturated rings. The monoisotopic (exact) mass is 350 g/mol. The van der Waals surface area contributed by atoms with Crippen LogP contribution in [0.2, 0.25) is 0 Å². The lowest BCUT2D eigenvalue weighted by molar-refractivity contribution is -0.156. The van der Waals surface area contributed by atoms with Gasteiger partial charge >= 0.3 is 11.9 Å². The molecule has 0 saturated heterocycles. The Kier molecular flexibility index (Phi) is 5.21. The molecule has 26 heavy (non-hydrogen) atoms. The maximum Gasteiger partial charge on any atom is 0.373 e. The lowest BCUT2D eigenvalue weighted by Crippen LogP contribution is -2.46. The predicted octanol–water partition coefficient (Wildman–Crippen LogP) is 4.12. The molecule has 3 rings (SSSR count). The van der Waals surface area contributed by atoms with Crippen LogP contribution in [0, 0.1) is 0 Å². The number of hydrogen-bond acceptors (Lipinski definition) is 4. The summed E-state index contributed by atoms with van der Waals surface area (Å²) in [4.78, 5) is 25.3. The second-order valence-corrected chi connectivity index (χ2v) is 6.39. The van der Waals surface area contributed by atoms with Gasteiger partial charge in [-0.05, 0) is 23.6 Å². The molecule has 1 aliphatic rings. The van der Waals surface area contributed by atoms with E-state index in [1.807, 2.05) is 67.6 Å². The Hall–Kier alpha value is -2.88. The first kappa shape index (κ1) is 17.9. The van der Waals surface area contributed by atoms with Crippen LogP contribution < -0.4 is 0 Å². The predicted molar refractivity (Wildman–Crippen MR) is 98.4 cm³/mol. The van der Waals surface area contributed by atoms with Gasteiger partial charge in [0, 0.05) is 5.92 Å². The maximum absolute atomic E-state index is 13.3. The summed E-state index contributed by atoms with van der Waals surface area (Å²) in [6.07, 6.45) is 3.14. The molecule has 0 N–H and O–H groups in total. The van der Waals surface area contributed by atoms with E-state index in [-0.39, 0.29) is 11.7 Å². The third kappa shape index (κ3) is 3.03. The van der Waals surface area contributed by atoms with Crippen molar-refractivity contribution < 1.29 is 19.1 Å². The molecule has 4 nitrogen and oxygen atoms in total. The van der Waals surface area contributed by atoms with Crippen LogP contribution in [0.15, 0.2) is 72.5 Å². The van der Waals surface area contributed by atoms with Crippen molar-refractivity contribution in [1.82, 2.24) is 0 Å². The van der Waals surface area contributed by atoms with E-state index in [4.69, 9.17) is 9.47 Å². The van der Waals surface area contributed by atoms with Gasteiger partial charge in [-0.2, -0.15) is 0 Å². The van der Waals surface area contributed by atoms with Gasteiger partial charge in [0.05, 0.1) is 7.11 Å². The summed E-state index contributed by atoms with van der Waals surface area (Å²) < 4.78 is 10.2. The lowest BCUT2D eigenvalue weighted by Gasteiger charge is -2.41. The number of carbonyl (C=O) groups is 2. The molecule has 2 atom stereocenters. The zero-order valence-corrected chi connectivity index (χ0v) is 15.0. The van der Waals surface area contributed by atoms with Crippen molar-refractivity contribution in [2.24, 2.45) is 0 Å². The van der Waals surface area contributed by atoms with E-state index in [0.29, 0.717) is 6.42 Å². The summed E-state index contributed by atoms with van der Waals surface area (Å²) in [7, 11) is 1.28. The van der Waals surface area contributed by atoms with Gasteiger partial charge in [-0.1, -0.05) is 74.0 Å². The Labute approximate surface area is 153 Å². The van der Waals surface area contributed by atoms with Gasteiger partial charge in [-0.25, -0.2) is 4.79 Å². The minimum atomic E-state index is -0.880. The van der Waals surface area contributed by atoms with Crippen molar-refractivity contribution in [2.75, 3.05) is 7.11 Å². The first-order valence-electron chi connectivity index (χ1n) is 8.76. The molecule has 0 aromatic heterocycles. The van der Waals surface area contributed by atoms with Gasteiger partial charge in [0.25, 0.3) is 0 Å². The first-order valence-corrected chi connectivity index (χ1v) is 8.76. The largest absolute Gasteiger partial charge is 0.463 e. The second-order valence-electron chi connectivity index (χ2n) is 6.39. The molecule has 0 unspecified atom stereocenters. The third-order valence-corrected chi connectivity index (χ3v) is 4.89. The Morgan fingerprint density at radius 3 is 2.27 bits per heavy atom. The quantitative estimate of drug-likeness (QED) is 0.761. The van der Waals surface area contributed by atoms with Crippen molar-refractivity contribution in [1.29, 1.82) is 0 Å². The molecule has 1 aliphatic heterocycles. The number of carbonyl (C=O) groups excluding carboxylic acids is 2. The highest BCUT2D eigenvalue weighted by Gasteiger charge is 2.51. The molecule has 4 heteroatoms. The van der Waals surface area contributed by atoms with E-state index in [1.165, 1.54) is 7.11 Å². The second kappa shape index (κ2) is 7.56. The lowest BCUT2D eigenvalue weighted by atomic mass is 9.64. The van der Waals surface area contributed by atoms with E-state index >= 15 is 0 Å². The van der Waals surface area contributed by atoms with Gasteiger partial charge in [0.1, 0.15) is 5.41 Å². The van der Waals surface area contributed by atoms with Crippen LogP contribution in [0.4, 0.5) is 0 Å². The smallest absolute Gasteiger partial charge is 0.373 e. The molecule has 0 saturated carbocycles. The summed E-state index contributed by atoms with van der Waals surface area (Å²) in [6.45, 7) is 2.04. The summed E-state index contributed by atoms with van der Waals surface area (Å²) in [6, 6.07) is 19.4. The van der Waals surface area contributed by atoms with Crippen LogP contribution in [-0.2, 0) is 24.5 Å². The van der Waals surface area contributed by atoms with E-state index < -0.39 is 17.4 Å². The number of cyclic esters (lactones) is 1. The Balaban J connectivity index is 2.24. The normalized spacial score (nSPS) is 22.3. The van der Waals surface area contributed by atoms with Gasteiger partial charge in [-0.3, -0.25) is 4.79 Å². The average molecular weight is 350 g/mol. The molecular formula is C22H22O4. The van der Waals surface area contributed by atoms with Crippen molar-refractivity contribution in [3.63, 3.8) is 0 Å². The molecule has 0 amide bonds. The highest BCUT2D eigenvalue weighted by molar-refractivity contribution is 5.95. The van der Waals surface area contributed by atoms with Gasteiger partial charge in [0.2, 0.25) is 5.76 Å². The first-order chi connectivity index (χ1) is 12.6. The van der Waals surface area contributed by atoms with E-state index in [1.54, 1.807) is 6.08 Å². The Morgan fingerprint density at radius 1 is 1.08 bits per heavy atom. The fraction of sp³-hybridized carbons (Fsp3) is 0.273. The van der Waals surface area contributed by atoms with Crippen LogP contribution >= 0.6 is 0 Å². The van der Waals surface area contributed by atoms with Crippen molar-refractivity contribution in [2.45, 2.75) is 31.1 Å². The summed E-state index contributed by atoms with van der Waals surface area (Å²) in [5.41, 5.74) is 0.971. The van der Waals surface area contributed by atoms with Crippen molar-refractivity contribution in [3.05, 3.63) is 83.6 Å². The average Bonchev–Trinajstić information content (AvgIpc) is 2.70. The fourth-order valence-corrected chi connectivity index (χ4v) is 3.73. The van der Waals surface area contributed by atoms with Crippen LogP contribution in [0.1, 0.15) is 36.8 Å². The van der Waals surface area contributed by atoms with Crippen LogP contribution in [0.3, 0.4) is 0 Å². The van der Waals surface area contributed by atoms with E-state index in [2.05, 4.69) is 0 Å². The number of ether oxygens (including phenoxy) is 2. The van der Waals surface area contributed by atoms with Crippen LogP contribution in [0.25, 0.3) is 0 Å². The summed E-state index contributed by atoms with van der Waals surface area (Å²) >= 11 is 0. The molecule has 134 valence electrons. The van der Waals surface area contributed by atoms with E-state index in [9.17, 15) is 9.59 Å². The number of hydrogen-bond donors (Lipinski definition) is 0. The molecule has 0 spiro atoms. The van der Waals surface area contributed by atoms with Gasteiger partial charge in [0.15, 0.2) is 0 Å². The summed E-state index contributed by atoms with van der Waals surface area (Å²) in [5.74, 6) is -1.42. The number of methoxy groups -OCH3 is 1. The molecule has 0 radical (unpaired) electrons. The van der Waals surface area contributed by atoms with Crippen LogP contribution in [-0.4, -0.2) is 19.0 Å². The number of benzene rings is 2. The number of esters is 2. The molecule has 2 aromatic rings. The number of allylic oxidation sites excluding steroid dienone is 1. The molecule has 0 aliphatic carbocycles. The van der Waals surface area contributed by atoms with Crippen LogP contribution in [0.5, 0.6) is 0 Å². The SMILES string of the molecule is CCC[C@]1(c2ccccc2)C(=O)OC(C(=O)OC)=C[C@H]1c1ccccc1. The van der Waals surface area contributed by atoms with Crippen molar-refractivity contribution in [3.8, 4) is 0 Å². The Bertz CT molecular complexity index is 811. The molecule has 2 aromatic carbocycles. The zero-order valence-electron chi connectivity index (χ0n) is 15.0. The van der Waals surface area contributed by atoms with Gasteiger partial charge < -0.3 is 9.47 Å². The minimum Gasteiger partial charge on any atom is -0.463 e. The highest BCUT2D eigenvalue weighted by Crippen LogP contribution is 2.48. The van der Waals surface area contributed by atoms with Crippen molar-refractivity contribution >= 4 is 11.9 Å². The molecule has 1 heterocycles. The minimum absolute atomic E-state index is 0.0472. The molecule has 0 bridgehead atoms. The third-order valence-electron chi connectivity index (χ3n) is 4.89. The molecular weight excluding hydrogens is 328 g/mol. The zero-order chi connectivity index (χ0) is 18.6. The number of rotatable bonds is 5. The summed E-state index contributed by atoms with van der Waals surface area (Å²) in [5, 5.41) is 0. The highest BCUT2D eigenvalue weighted by atomic mass is 16.6. The maximum atomic E-state index is 13.3. The Morgan fingerprint density at radius 2 is 1.69 bits per heavy atom. The van der Waals surface area contributed by atoms with E-state index in [0.717, 1.165) is 17.5 Å². The standard InChI is InChI=1S/C22H22O4/c1-3-14-22(17-12-8-5-9-13-17)18(16-10-6-4-7-11-16)15-19(20(23)25-2)26-21(22)24/h4-13,15,18H,3,14H2,1-2H3/t18-,22+/m0/s1.